The predicted molar refractivity (Wildman–Crippen MR) is 102 cm³/mol. The quantitative estimate of drug-likeness (QED) is 0.810. The first-order chi connectivity index (χ1) is 13.1. The summed E-state index contributed by atoms with van der Waals surface area (Å²) in [5.74, 6) is 2.02. The van der Waals surface area contributed by atoms with Crippen LogP contribution >= 0.6 is 0 Å². The number of carbonyl (C=O) groups is 1. The van der Waals surface area contributed by atoms with Crippen molar-refractivity contribution in [2.24, 2.45) is 0 Å². The Kier molecular flexibility index (Phi) is 6.55. The van der Waals surface area contributed by atoms with Gasteiger partial charge in [-0.1, -0.05) is 19.1 Å². The number of likely N-dealkylation sites (N-methyl/N-ethyl adjacent to an activating group) is 1. The van der Waals surface area contributed by atoms with E-state index in [1.807, 2.05) is 13.0 Å². The number of hydrogen-bond donors (Lipinski definition) is 1. The van der Waals surface area contributed by atoms with Gasteiger partial charge in [-0.15, -0.1) is 0 Å². The highest BCUT2D eigenvalue weighted by atomic mass is 19.1. The molecule has 146 valence electrons. The second kappa shape index (κ2) is 9.08. The van der Waals surface area contributed by atoms with Crippen LogP contribution in [0, 0.1) is 5.82 Å². The molecule has 1 N–H and O–H groups in total. The highest BCUT2D eigenvalue weighted by molar-refractivity contribution is 5.78. The fourth-order valence-electron chi connectivity index (χ4n) is 3.52. The molecule has 1 saturated heterocycles. The Labute approximate surface area is 159 Å². The van der Waals surface area contributed by atoms with Gasteiger partial charge in [-0.25, -0.2) is 9.37 Å². The van der Waals surface area contributed by atoms with Gasteiger partial charge in [0.2, 0.25) is 5.91 Å². The lowest BCUT2D eigenvalue weighted by Gasteiger charge is -2.32. The summed E-state index contributed by atoms with van der Waals surface area (Å²) in [5.41, 5.74) is 0.820. The molecular weight excluding hydrogens is 345 g/mol. The summed E-state index contributed by atoms with van der Waals surface area (Å²) in [6, 6.07) is 6.44. The summed E-state index contributed by atoms with van der Waals surface area (Å²) in [6.45, 7) is 7.21. The number of aromatic amines is 1. The second-order valence-electron chi connectivity index (χ2n) is 7.08. The van der Waals surface area contributed by atoms with Crippen molar-refractivity contribution in [2.45, 2.75) is 45.6 Å². The van der Waals surface area contributed by atoms with Crippen LogP contribution in [0.2, 0.25) is 0 Å². The van der Waals surface area contributed by atoms with Crippen LogP contribution < -0.4 is 0 Å². The third-order valence-corrected chi connectivity index (χ3v) is 5.19. The molecule has 0 saturated carbocycles. The maximum Gasteiger partial charge on any atom is 0.237 e. The van der Waals surface area contributed by atoms with E-state index in [1.54, 1.807) is 11.0 Å². The van der Waals surface area contributed by atoms with Crippen molar-refractivity contribution in [3.05, 3.63) is 47.3 Å². The van der Waals surface area contributed by atoms with Crippen LogP contribution in [-0.4, -0.2) is 57.1 Å². The lowest BCUT2D eigenvalue weighted by atomic mass is 9.96. The first-order valence-electron chi connectivity index (χ1n) is 9.74. The Bertz CT molecular complexity index is 754. The van der Waals surface area contributed by atoms with Crippen LogP contribution in [0.1, 0.15) is 49.8 Å². The number of nitrogens with one attached hydrogen (secondary N) is 1. The molecule has 0 spiro atoms. The van der Waals surface area contributed by atoms with Gasteiger partial charge in [-0.3, -0.25) is 14.8 Å². The summed E-state index contributed by atoms with van der Waals surface area (Å²) < 4.78 is 13.4. The van der Waals surface area contributed by atoms with Crippen LogP contribution in [0.3, 0.4) is 0 Å². The van der Waals surface area contributed by atoms with E-state index in [9.17, 15) is 9.18 Å². The largest absolute Gasteiger partial charge is 0.338 e. The minimum absolute atomic E-state index is 0.0892. The topological polar surface area (TPSA) is 65.1 Å². The molecule has 27 heavy (non-hydrogen) atoms. The summed E-state index contributed by atoms with van der Waals surface area (Å²) in [4.78, 5) is 21.2. The molecule has 1 aromatic heterocycles. The Hall–Kier alpha value is -2.28. The zero-order valence-electron chi connectivity index (χ0n) is 16.1. The third kappa shape index (κ3) is 5.13. The van der Waals surface area contributed by atoms with Crippen molar-refractivity contribution in [1.29, 1.82) is 0 Å². The number of rotatable bonds is 7. The van der Waals surface area contributed by atoms with E-state index in [0.717, 1.165) is 49.6 Å². The monoisotopic (exact) mass is 373 g/mol. The van der Waals surface area contributed by atoms with Gasteiger partial charge in [0.25, 0.3) is 0 Å². The van der Waals surface area contributed by atoms with Crippen LogP contribution in [0.5, 0.6) is 0 Å². The van der Waals surface area contributed by atoms with Crippen LogP contribution in [0.25, 0.3) is 0 Å². The average Bonchev–Trinajstić information content (AvgIpc) is 3.16. The number of nitrogens with zero attached hydrogens (tertiary/aromatic N) is 4. The molecule has 6 nitrogen and oxygen atoms in total. The number of aromatic nitrogens is 3. The summed E-state index contributed by atoms with van der Waals surface area (Å²) in [5, 5.41) is 7.32. The van der Waals surface area contributed by atoms with Gasteiger partial charge in [0.1, 0.15) is 11.6 Å². The normalized spacial score (nSPS) is 15.8. The van der Waals surface area contributed by atoms with E-state index >= 15 is 0 Å². The van der Waals surface area contributed by atoms with Crippen molar-refractivity contribution in [2.75, 3.05) is 26.2 Å². The fraction of sp³-hybridized carbons (Fsp3) is 0.550. The highest BCUT2D eigenvalue weighted by Crippen LogP contribution is 2.25. The number of amides is 1. The van der Waals surface area contributed by atoms with E-state index < -0.39 is 0 Å². The van der Waals surface area contributed by atoms with Gasteiger partial charge in [0.05, 0.1) is 6.54 Å². The van der Waals surface area contributed by atoms with Crippen molar-refractivity contribution in [3.63, 3.8) is 0 Å². The molecule has 1 amide bonds. The molecule has 1 aromatic carbocycles. The van der Waals surface area contributed by atoms with E-state index in [2.05, 4.69) is 27.0 Å². The summed E-state index contributed by atoms with van der Waals surface area (Å²) >= 11 is 0. The molecule has 1 fully saturated rings. The SMILES string of the molecule is CCc1nc(C2CCN(CC(=O)N(CC)Cc3cccc(F)c3)CC2)n[nH]1. The molecule has 2 aromatic rings. The van der Waals surface area contributed by atoms with E-state index in [1.165, 1.54) is 12.1 Å². The van der Waals surface area contributed by atoms with Crippen molar-refractivity contribution in [1.82, 2.24) is 25.0 Å². The maximum absolute atomic E-state index is 13.4. The van der Waals surface area contributed by atoms with Gasteiger partial charge in [0.15, 0.2) is 5.82 Å². The van der Waals surface area contributed by atoms with Gasteiger partial charge in [-0.2, -0.15) is 5.10 Å². The van der Waals surface area contributed by atoms with Crippen LogP contribution in [0.15, 0.2) is 24.3 Å². The Morgan fingerprint density at radius 1 is 1.33 bits per heavy atom. The molecule has 0 atom stereocenters. The first kappa shape index (κ1) is 19.5. The number of aryl methyl sites for hydroxylation is 1. The standard InChI is InChI=1S/C20H28FN5O/c1-3-18-22-20(24-23-18)16-8-10-25(11-9-16)14-19(27)26(4-2)13-15-6-5-7-17(21)12-15/h5-7,12,16H,3-4,8-11,13-14H2,1-2H3,(H,22,23,24). The average molecular weight is 373 g/mol. The van der Waals surface area contributed by atoms with Gasteiger partial charge >= 0.3 is 0 Å². The number of hydrogen-bond acceptors (Lipinski definition) is 4. The number of H-pyrrole nitrogens is 1. The summed E-state index contributed by atoms with van der Waals surface area (Å²) in [6.07, 6.45) is 2.78. The summed E-state index contributed by atoms with van der Waals surface area (Å²) in [7, 11) is 0. The van der Waals surface area contributed by atoms with E-state index in [4.69, 9.17) is 0 Å². The molecule has 3 rings (SSSR count). The maximum atomic E-state index is 13.4. The smallest absolute Gasteiger partial charge is 0.237 e. The van der Waals surface area contributed by atoms with Crippen LogP contribution in [0.4, 0.5) is 4.39 Å². The molecule has 1 aliphatic rings. The zero-order valence-corrected chi connectivity index (χ0v) is 16.1. The number of carbonyl (C=O) groups excluding carboxylic acids is 1. The third-order valence-electron chi connectivity index (χ3n) is 5.19. The van der Waals surface area contributed by atoms with Gasteiger partial charge in [0, 0.05) is 25.4 Å². The minimum Gasteiger partial charge on any atom is -0.338 e. The predicted octanol–water partition coefficient (Wildman–Crippen LogP) is 2.73. The lowest BCUT2D eigenvalue weighted by Crippen LogP contribution is -2.43. The lowest BCUT2D eigenvalue weighted by molar-refractivity contribution is -0.133. The molecule has 0 aliphatic carbocycles. The first-order valence-corrected chi connectivity index (χ1v) is 9.74. The van der Waals surface area contributed by atoms with E-state index in [-0.39, 0.29) is 11.7 Å². The number of piperidine rings is 1. The van der Waals surface area contributed by atoms with Crippen molar-refractivity contribution >= 4 is 5.91 Å². The minimum atomic E-state index is -0.267. The zero-order chi connectivity index (χ0) is 19.2. The van der Waals surface area contributed by atoms with Crippen molar-refractivity contribution in [3.8, 4) is 0 Å². The van der Waals surface area contributed by atoms with E-state index in [0.29, 0.717) is 25.6 Å². The van der Waals surface area contributed by atoms with Gasteiger partial charge < -0.3 is 4.90 Å². The molecular formula is C20H28FN5O. The molecule has 1 aliphatic heterocycles. The molecule has 7 heteroatoms. The molecule has 0 radical (unpaired) electrons. The van der Waals surface area contributed by atoms with Crippen molar-refractivity contribution < 1.29 is 9.18 Å². The van der Waals surface area contributed by atoms with Crippen LogP contribution in [-0.2, 0) is 17.8 Å². The Morgan fingerprint density at radius 3 is 2.74 bits per heavy atom. The Morgan fingerprint density at radius 2 is 2.11 bits per heavy atom. The fourth-order valence-corrected chi connectivity index (χ4v) is 3.52. The second-order valence-corrected chi connectivity index (χ2v) is 7.08. The Balaban J connectivity index is 1.50. The number of likely N-dealkylation sites (tertiary alicyclic amines) is 1. The molecule has 0 unspecified atom stereocenters. The number of benzene rings is 1. The molecule has 2 heterocycles. The highest BCUT2D eigenvalue weighted by Gasteiger charge is 2.25. The number of halogens is 1. The van der Waals surface area contributed by atoms with Gasteiger partial charge in [-0.05, 0) is 50.6 Å². The molecule has 0 bridgehead atoms.